The first-order valence-corrected chi connectivity index (χ1v) is 7.16. The molecule has 0 fully saturated rings. The number of nitrogens with zero attached hydrogens (tertiary/aromatic N) is 2. The number of fused-ring (bicyclic) bond motifs is 1. The van der Waals surface area contributed by atoms with Gasteiger partial charge in [-0.1, -0.05) is 41.4 Å². The van der Waals surface area contributed by atoms with E-state index in [1.807, 2.05) is 23.6 Å². The molecule has 0 unspecified atom stereocenters. The summed E-state index contributed by atoms with van der Waals surface area (Å²) in [7, 11) is 0. The molecule has 19 heavy (non-hydrogen) atoms. The van der Waals surface area contributed by atoms with Gasteiger partial charge in [0.2, 0.25) is 0 Å². The highest BCUT2D eigenvalue weighted by atomic mass is 35.5. The Morgan fingerprint density at radius 1 is 1.26 bits per heavy atom. The molecule has 0 aliphatic heterocycles. The van der Waals surface area contributed by atoms with Gasteiger partial charge in [-0.3, -0.25) is 4.79 Å². The van der Waals surface area contributed by atoms with Gasteiger partial charge >= 0.3 is 0 Å². The van der Waals surface area contributed by atoms with E-state index >= 15 is 0 Å². The molecule has 2 heterocycles. The summed E-state index contributed by atoms with van der Waals surface area (Å²) in [5.41, 5.74) is 0.679. The van der Waals surface area contributed by atoms with Gasteiger partial charge in [-0.25, -0.2) is 4.68 Å². The molecule has 0 saturated carbocycles. The van der Waals surface area contributed by atoms with E-state index in [0.717, 1.165) is 10.9 Å². The van der Waals surface area contributed by atoms with Crippen molar-refractivity contribution in [2.75, 3.05) is 0 Å². The van der Waals surface area contributed by atoms with Gasteiger partial charge in [0.05, 0.1) is 17.8 Å². The monoisotopic (exact) mass is 310 g/mol. The second-order valence-electron chi connectivity index (χ2n) is 4.03. The highest BCUT2D eigenvalue weighted by molar-refractivity contribution is 7.17. The van der Waals surface area contributed by atoms with E-state index in [1.165, 1.54) is 15.6 Å². The third kappa shape index (κ3) is 2.27. The van der Waals surface area contributed by atoms with Crippen molar-refractivity contribution in [1.82, 2.24) is 9.78 Å². The minimum absolute atomic E-state index is 0.0104. The first-order valence-electron chi connectivity index (χ1n) is 5.53. The number of hydrogen-bond acceptors (Lipinski definition) is 3. The van der Waals surface area contributed by atoms with E-state index in [0.29, 0.717) is 6.54 Å². The standard InChI is InChI=1S/C13H8Cl2N2OS/c14-10-5-16-17(13(18)12(10)15)6-8-7-19-11-4-2-1-3-9(8)11/h1-5,7H,6H2. The van der Waals surface area contributed by atoms with Gasteiger partial charge < -0.3 is 0 Å². The number of hydrogen-bond donors (Lipinski definition) is 0. The second kappa shape index (κ2) is 4.96. The molecule has 2 aromatic heterocycles. The molecule has 1 aromatic carbocycles. The summed E-state index contributed by atoms with van der Waals surface area (Å²) in [6.07, 6.45) is 1.39. The van der Waals surface area contributed by atoms with Crippen molar-refractivity contribution in [1.29, 1.82) is 0 Å². The SMILES string of the molecule is O=c1c(Cl)c(Cl)cnn1Cc1csc2ccccc12. The largest absolute Gasteiger partial charge is 0.287 e. The fourth-order valence-corrected chi connectivity index (χ4v) is 3.10. The Bertz CT molecular complexity index is 810. The number of benzene rings is 1. The Balaban J connectivity index is 2.07. The smallest absolute Gasteiger partial charge is 0.266 e. The zero-order valence-corrected chi connectivity index (χ0v) is 12.0. The minimum atomic E-state index is -0.371. The quantitative estimate of drug-likeness (QED) is 0.721. The van der Waals surface area contributed by atoms with E-state index < -0.39 is 0 Å². The molecule has 96 valence electrons. The molecule has 0 bridgehead atoms. The Hall–Kier alpha value is -1.36. The van der Waals surface area contributed by atoms with Crippen molar-refractivity contribution < 1.29 is 0 Å². The Morgan fingerprint density at radius 2 is 2.05 bits per heavy atom. The van der Waals surface area contributed by atoms with Crippen molar-refractivity contribution in [3.63, 3.8) is 0 Å². The molecular weight excluding hydrogens is 303 g/mol. The Labute approximate surface area is 123 Å². The third-order valence-electron chi connectivity index (χ3n) is 2.82. The summed E-state index contributed by atoms with van der Waals surface area (Å²) in [6, 6.07) is 8.05. The average Bonchev–Trinajstić information content (AvgIpc) is 2.83. The van der Waals surface area contributed by atoms with Crippen LogP contribution >= 0.6 is 34.5 Å². The number of halogens is 2. The van der Waals surface area contributed by atoms with Gasteiger partial charge in [-0.05, 0) is 22.4 Å². The topological polar surface area (TPSA) is 34.9 Å². The first kappa shape index (κ1) is 12.7. The molecule has 3 rings (SSSR count). The lowest BCUT2D eigenvalue weighted by Crippen LogP contribution is -2.23. The molecule has 6 heteroatoms. The lowest BCUT2D eigenvalue weighted by Gasteiger charge is -2.04. The predicted molar refractivity (Wildman–Crippen MR) is 79.4 cm³/mol. The van der Waals surface area contributed by atoms with Gasteiger partial charge in [0.1, 0.15) is 5.02 Å². The van der Waals surface area contributed by atoms with Crippen LogP contribution in [-0.4, -0.2) is 9.78 Å². The van der Waals surface area contributed by atoms with Crippen molar-refractivity contribution in [3.05, 3.63) is 61.8 Å². The highest BCUT2D eigenvalue weighted by Gasteiger charge is 2.10. The van der Waals surface area contributed by atoms with E-state index in [1.54, 1.807) is 11.3 Å². The fraction of sp³-hybridized carbons (Fsp3) is 0.0769. The molecule has 0 N–H and O–H groups in total. The van der Waals surface area contributed by atoms with E-state index in [9.17, 15) is 4.79 Å². The van der Waals surface area contributed by atoms with Crippen LogP contribution in [-0.2, 0) is 6.54 Å². The van der Waals surface area contributed by atoms with Crippen LogP contribution < -0.4 is 5.56 Å². The van der Waals surface area contributed by atoms with Crippen molar-refractivity contribution in [2.45, 2.75) is 6.54 Å². The summed E-state index contributed by atoms with van der Waals surface area (Å²) in [4.78, 5) is 11.9. The molecule has 0 saturated heterocycles. The second-order valence-corrected chi connectivity index (χ2v) is 5.72. The summed E-state index contributed by atoms with van der Waals surface area (Å²) >= 11 is 13.2. The van der Waals surface area contributed by atoms with Crippen LogP contribution in [0.2, 0.25) is 10.0 Å². The van der Waals surface area contributed by atoms with E-state index in [4.69, 9.17) is 23.2 Å². The normalized spacial score (nSPS) is 11.1. The lowest BCUT2D eigenvalue weighted by atomic mass is 10.2. The van der Waals surface area contributed by atoms with Crippen LogP contribution in [0.3, 0.4) is 0 Å². The summed E-state index contributed by atoms with van der Waals surface area (Å²) < 4.78 is 2.51. The molecule has 0 radical (unpaired) electrons. The average molecular weight is 311 g/mol. The van der Waals surface area contributed by atoms with E-state index in [-0.39, 0.29) is 15.6 Å². The predicted octanol–water partition coefficient (Wildman–Crippen LogP) is 3.81. The highest BCUT2D eigenvalue weighted by Crippen LogP contribution is 2.26. The molecule has 3 aromatic rings. The number of rotatable bonds is 2. The van der Waals surface area contributed by atoms with Crippen LogP contribution in [0.5, 0.6) is 0 Å². The minimum Gasteiger partial charge on any atom is -0.266 e. The van der Waals surface area contributed by atoms with Crippen LogP contribution in [0, 0.1) is 0 Å². The Morgan fingerprint density at radius 3 is 2.89 bits per heavy atom. The van der Waals surface area contributed by atoms with Crippen molar-refractivity contribution in [2.24, 2.45) is 0 Å². The molecule has 3 nitrogen and oxygen atoms in total. The molecule has 0 atom stereocenters. The van der Waals surface area contributed by atoms with Gasteiger partial charge in [0, 0.05) is 4.70 Å². The number of thiophene rings is 1. The van der Waals surface area contributed by atoms with Crippen molar-refractivity contribution >= 4 is 44.6 Å². The molecular formula is C13H8Cl2N2OS. The van der Waals surface area contributed by atoms with Gasteiger partial charge in [0.25, 0.3) is 5.56 Å². The molecule has 0 aliphatic carbocycles. The number of aromatic nitrogens is 2. The van der Waals surface area contributed by atoms with Crippen LogP contribution in [0.25, 0.3) is 10.1 Å². The third-order valence-corrected chi connectivity index (χ3v) is 4.58. The van der Waals surface area contributed by atoms with Gasteiger partial charge in [0.15, 0.2) is 0 Å². The molecule has 0 aliphatic rings. The van der Waals surface area contributed by atoms with Gasteiger partial charge in [-0.15, -0.1) is 11.3 Å². The van der Waals surface area contributed by atoms with Crippen LogP contribution in [0.15, 0.2) is 40.6 Å². The van der Waals surface area contributed by atoms with Crippen LogP contribution in [0.4, 0.5) is 0 Å². The summed E-state index contributed by atoms with van der Waals surface area (Å²) in [6.45, 7) is 0.389. The van der Waals surface area contributed by atoms with Crippen LogP contribution in [0.1, 0.15) is 5.56 Å². The zero-order chi connectivity index (χ0) is 13.4. The van der Waals surface area contributed by atoms with E-state index in [2.05, 4.69) is 11.2 Å². The Kier molecular flexibility index (Phi) is 3.31. The zero-order valence-electron chi connectivity index (χ0n) is 9.64. The maximum absolute atomic E-state index is 11.9. The summed E-state index contributed by atoms with van der Waals surface area (Å²) in [5.74, 6) is 0. The van der Waals surface area contributed by atoms with Gasteiger partial charge in [-0.2, -0.15) is 5.10 Å². The lowest BCUT2D eigenvalue weighted by molar-refractivity contribution is 0.643. The van der Waals surface area contributed by atoms with Crippen molar-refractivity contribution in [3.8, 4) is 0 Å². The first-order chi connectivity index (χ1) is 9.16. The molecule has 0 amide bonds. The summed E-state index contributed by atoms with van der Waals surface area (Å²) in [5, 5.41) is 7.36. The maximum Gasteiger partial charge on any atom is 0.287 e. The maximum atomic E-state index is 11.9. The fourth-order valence-electron chi connectivity index (χ4n) is 1.87. The molecule has 0 spiro atoms.